The van der Waals surface area contributed by atoms with E-state index in [1.807, 2.05) is 0 Å². The van der Waals surface area contributed by atoms with E-state index >= 15 is 0 Å². The molecule has 0 saturated carbocycles. The fourth-order valence-electron chi connectivity index (χ4n) is 0.450. The van der Waals surface area contributed by atoms with Gasteiger partial charge in [0.05, 0.1) is 0 Å². The third kappa shape index (κ3) is 2.76. The number of benzene rings is 1. The number of hydrogen-bond donors (Lipinski definition) is 0. The first-order valence-electron chi connectivity index (χ1n) is 2.44. The van der Waals surface area contributed by atoms with Crippen LogP contribution in [-0.4, -0.2) is 0 Å². The van der Waals surface area contributed by atoms with Crippen LogP contribution in [0.15, 0.2) is 24.3 Å². The van der Waals surface area contributed by atoms with Crippen LogP contribution in [0.4, 0.5) is 0 Å². The Morgan fingerprint density at radius 1 is 1.00 bits per heavy atom. The maximum absolute atomic E-state index is 10.3. The van der Waals surface area contributed by atoms with E-state index in [2.05, 4.69) is 0 Å². The van der Waals surface area contributed by atoms with Gasteiger partial charge in [0.15, 0.2) is 0 Å². The molecule has 0 N–H and O–H groups in total. The number of para-hydroxylation sites is 2. The standard InChI is InChI=1S/C6H6O2.O.Ti/c7-5-3-1-2-4-6(5)8;;/h1-4,7-8H;;/q;;+2/p-2. The number of hydrogen-bond acceptors (Lipinski definition) is 3. The molecule has 0 heterocycles. The van der Waals surface area contributed by atoms with Crippen LogP contribution in [0.25, 0.3) is 0 Å². The molecule has 3 nitrogen and oxygen atoms in total. The molecule has 1 rings (SSSR count). The van der Waals surface area contributed by atoms with Gasteiger partial charge in [-0.25, -0.2) is 0 Å². The van der Waals surface area contributed by atoms with Crippen LogP contribution < -0.4 is 10.2 Å². The zero-order valence-electron chi connectivity index (χ0n) is 5.03. The molecule has 4 heteroatoms. The Bertz CT molecular complexity index is 181. The van der Waals surface area contributed by atoms with Crippen molar-refractivity contribution in [2.45, 2.75) is 0 Å². The topological polar surface area (TPSA) is 63.2 Å². The molecule has 1 aromatic rings. The summed E-state index contributed by atoms with van der Waals surface area (Å²) in [6.45, 7) is 0. The molecule has 1 aromatic carbocycles. The average molecular weight is 172 g/mol. The van der Waals surface area contributed by atoms with Gasteiger partial charge in [0.2, 0.25) is 0 Å². The molecular formula is C6H4O3Ti. The predicted molar refractivity (Wildman–Crippen MR) is 26.0 cm³/mol. The molecule has 0 saturated heterocycles. The molecule has 0 unspecified atom stereocenters. The summed E-state index contributed by atoms with van der Waals surface area (Å²) in [7, 11) is 0. The monoisotopic (exact) mass is 172 g/mol. The van der Waals surface area contributed by atoms with Crippen molar-refractivity contribution in [1.82, 2.24) is 0 Å². The molecule has 0 radical (unpaired) electrons. The fraction of sp³-hybridized carbons (Fsp3) is 0. The Hall–Kier alpha value is -0.666. The van der Waals surface area contributed by atoms with Gasteiger partial charge in [0, 0.05) is 0 Å². The first-order chi connectivity index (χ1) is 4.80. The Morgan fingerprint density at radius 2 is 1.30 bits per heavy atom. The van der Waals surface area contributed by atoms with Gasteiger partial charge in [-0.3, -0.25) is 0 Å². The average Bonchev–Trinajstić information content (AvgIpc) is 2.00. The van der Waals surface area contributed by atoms with Crippen molar-refractivity contribution < 1.29 is 33.9 Å². The van der Waals surface area contributed by atoms with E-state index in [9.17, 15) is 10.2 Å². The van der Waals surface area contributed by atoms with Crippen molar-refractivity contribution in [2.75, 3.05) is 0 Å². The summed E-state index contributed by atoms with van der Waals surface area (Å²) in [4.78, 5) is 0. The number of rotatable bonds is 0. The maximum atomic E-state index is 10.3. The summed E-state index contributed by atoms with van der Waals surface area (Å²) >= 11 is 0.750. The van der Waals surface area contributed by atoms with Crippen LogP contribution >= 0.6 is 0 Å². The van der Waals surface area contributed by atoms with E-state index in [4.69, 9.17) is 3.32 Å². The predicted octanol–water partition coefficient (Wildman–Crippen LogP) is -0.288. The van der Waals surface area contributed by atoms with Gasteiger partial charge in [0.1, 0.15) is 0 Å². The first-order valence-corrected chi connectivity index (χ1v) is 3.08. The molecule has 50 valence electrons. The minimum absolute atomic E-state index is 0.437. The minimum atomic E-state index is -0.437. The van der Waals surface area contributed by atoms with Crippen molar-refractivity contribution in [2.24, 2.45) is 0 Å². The fourth-order valence-corrected chi connectivity index (χ4v) is 0.450. The quantitative estimate of drug-likeness (QED) is 0.505. The van der Waals surface area contributed by atoms with Gasteiger partial charge in [-0.05, 0) is 0 Å². The summed E-state index contributed by atoms with van der Waals surface area (Å²) in [5, 5.41) is 20.6. The Morgan fingerprint density at radius 3 is 1.50 bits per heavy atom. The molecule has 0 aliphatic carbocycles. The van der Waals surface area contributed by atoms with E-state index in [1.54, 1.807) is 12.1 Å². The van der Waals surface area contributed by atoms with Crippen molar-refractivity contribution in [3.63, 3.8) is 0 Å². The summed E-state index contributed by atoms with van der Waals surface area (Å²) < 4.78 is 8.25. The Balaban J connectivity index is 0.000000371. The second-order valence-electron chi connectivity index (χ2n) is 1.45. The van der Waals surface area contributed by atoms with Gasteiger partial charge in [-0.2, -0.15) is 0 Å². The molecule has 0 aliphatic heterocycles. The van der Waals surface area contributed by atoms with E-state index in [1.165, 1.54) is 12.1 Å². The molecule has 10 heavy (non-hydrogen) atoms. The van der Waals surface area contributed by atoms with Crippen molar-refractivity contribution >= 4 is 0 Å². The van der Waals surface area contributed by atoms with Crippen LogP contribution in [0.2, 0.25) is 0 Å². The van der Waals surface area contributed by atoms with Crippen molar-refractivity contribution in [3.05, 3.63) is 24.3 Å². The normalized spacial score (nSPS) is 7.80. The molecule has 0 aromatic heterocycles. The Kier molecular flexibility index (Phi) is 4.80. The Labute approximate surface area is 70.0 Å². The summed E-state index contributed by atoms with van der Waals surface area (Å²) in [5.41, 5.74) is 0. The van der Waals surface area contributed by atoms with Gasteiger partial charge < -0.3 is 10.2 Å². The van der Waals surface area contributed by atoms with Crippen LogP contribution in [-0.2, 0) is 23.7 Å². The third-order valence-corrected chi connectivity index (χ3v) is 0.849. The molecular weight excluding hydrogens is 168 g/mol. The zero-order valence-corrected chi connectivity index (χ0v) is 6.60. The van der Waals surface area contributed by atoms with Gasteiger partial charge >= 0.3 is 23.7 Å². The second-order valence-corrected chi connectivity index (χ2v) is 1.45. The van der Waals surface area contributed by atoms with E-state index < -0.39 is 11.5 Å². The molecule has 0 aliphatic rings. The summed E-state index contributed by atoms with van der Waals surface area (Å²) in [6, 6.07) is 5.60. The van der Waals surface area contributed by atoms with Gasteiger partial charge in [-0.15, -0.1) is 11.5 Å². The summed E-state index contributed by atoms with van der Waals surface area (Å²) in [5.74, 6) is -0.875. The molecule has 0 amide bonds. The SMILES string of the molecule is [O-]c1ccccc1[O-].[O]=[Ti+2]. The first kappa shape index (κ1) is 9.33. The van der Waals surface area contributed by atoms with Crippen LogP contribution in [0.3, 0.4) is 0 Å². The van der Waals surface area contributed by atoms with Crippen LogP contribution in [0, 0.1) is 0 Å². The van der Waals surface area contributed by atoms with E-state index in [0.717, 1.165) is 20.4 Å². The van der Waals surface area contributed by atoms with Crippen molar-refractivity contribution in [3.8, 4) is 11.5 Å². The molecule has 0 spiro atoms. The van der Waals surface area contributed by atoms with Crippen LogP contribution in [0.5, 0.6) is 11.5 Å². The van der Waals surface area contributed by atoms with Crippen LogP contribution in [0.1, 0.15) is 0 Å². The summed E-state index contributed by atoms with van der Waals surface area (Å²) in [6.07, 6.45) is 0. The van der Waals surface area contributed by atoms with E-state index in [0.29, 0.717) is 0 Å². The van der Waals surface area contributed by atoms with Gasteiger partial charge in [0.25, 0.3) is 0 Å². The second kappa shape index (κ2) is 5.15. The van der Waals surface area contributed by atoms with Gasteiger partial charge in [-0.1, -0.05) is 24.3 Å². The molecule has 0 fully saturated rings. The third-order valence-electron chi connectivity index (χ3n) is 0.849. The zero-order chi connectivity index (χ0) is 7.98. The molecule has 0 atom stereocenters. The van der Waals surface area contributed by atoms with Crippen molar-refractivity contribution in [1.29, 1.82) is 0 Å². The van der Waals surface area contributed by atoms with E-state index in [-0.39, 0.29) is 0 Å². The molecule has 0 bridgehead atoms.